The molecule has 1 heterocycles. The van der Waals surface area contributed by atoms with Gasteiger partial charge in [0.05, 0.1) is 42.4 Å². The maximum Gasteiger partial charge on any atom is 0.337 e. The number of nitrogens with zero attached hydrogens (tertiary/aromatic N) is 2. The molecule has 0 unspecified atom stereocenters. The van der Waals surface area contributed by atoms with E-state index in [0.717, 1.165) is 33.8 Å². The molecule has 0 atom stereocenters. The summed E-state index contributed by atoms with van der Waals surface area (Å²) in [5, 5.41) is 0. The van der Waals surface area contributed by atoms with Crippen molar-refractivity contribution in [3.05, 3.63) is 132 Å². The van der Waals surface area contributed by atoms with Crippen molar-refractivity contribution in [3.63, 3.8) is 0 Å². The Morgan fingerprint density at radius 1 is 0.667 bits per heavy atom. The highest BCUT2D eigenvalue weighted by Gasteiger charge is 2.19. The van der Waals surface area contributed by atoms with E-state index < -0.39 is 5.97 Å². The van der Waals surface area contributed by atoms with E-state index in [1.54, 1.807) is 30.3 Å². The second-order valence-corrected chi connectivity index (χ2v) is 8.74. The Morgan fingerprint density at radius 3 is 1.92 bits per heavy atom. The first-order valence-electron chi connectivity index (χ1n) is 12.4. The molecule has 0 aliphatic heterocycles. The SMILES string of the molecule is COC(=O)c1ccc(-n2c(-c3ccccc3)cc(C=Nc3cccc(C(=O)OC)c3)c2-c2ccccc2)cc1. The maximum absolute atomic E-state index is 12.1. The molecule has 39 heavy (non-hydrogen) atoms. The average molecular weight is 515 g/mol. The molecule has 6 nitrogen and oxygen atoms in total. The van der Waals surface area contributed by atoms with Crippen LogP contribution in [-0.4, -0.2) is 36.9 Å². The van der Waals surface area contributed by atoms with E-state index in [1.807, 2.05) is 60.8 Å². The second kappa shape index (κ2) is 11.4. The van der Waals surface area contributed by atoms with Gasteiger partial charge in [-0.25, -0.2) is 9.59 Å². The summed E-state index contributed by atoms with van der Waals surface area (Å²) in [5.41, 5.74) is 7.24. The highest BCUT2D eigenvalue weighted by Crippen LogP contribution is 2.35. The lowest BCUT2D eigenvalue weighted by molar-refractivity contribution is 0.0592. The van der Waals surface area contributed by atoms with Crippen LogP contribution in [0.5, 0.6) is 0 Å². The molecule has 0 saturated carbocycles. The summed E-state index contributed by atoms with van der Waals surface area (Å²) in [6, 6.07) is 36.6. The maximum atomic E-state index is 12.1. The van der Waals surface area contributed by atoms with Gasteiger partial charge >= 0.3 is 11.9 Å². The van der Waals surface area contributed by atoms with Gasteiger partial charge in [0.1, 0.15) is 0 Å². The molecule has 0 saturated heterocycles. The molecule has 5 rings (SSSR count). The number of esters is 2. The molecule has 0 fully saturated rings. The van der Waals surface area contributed by atoms with Crippen LogP contribution in [0.25, 0.3) is 28.2 Å². The molecule has 0 spiro atoms. The van der Waals surface area contributed by atoms with Crippen LogP contribution in [0.1, 0.15) is 26.3 Å². The van der Waals surface area contributed by atoms with E-state index in [9.17, 15) is 9.59 Å². The topological polar surface area (TPSA) is 69.9 Å². The predicted octanol–water partition coefficient (Wildman–Crippen LogP) is 7.14. The number of aromatic nitrogens is 1. The third-order valence-corrected chi connectivity index (χ3v) is 6.31. The molecule has 0 aliphatic carbocycles. The Hall–Kier alpha value is -5.23. The van der Waals surface area contributed by atoms with Crippen LogP contribution in [0.3, 0.4) is 0 Å². The van der Waals surface area contributed by atoms with Crippen molar-refractivity contribution in [1.82, 2.24) is 4.57 Å². The van der Waals surface area contributed by atoms with E-state index >= 15 is 0 Å². The molecule has 0 N–H and O–H groups in total. The number of aliphatic imine (C=N–C) groups is 1. The molecule has 0 bridgehead atoms. The van der Waals surface area contributed by atoms with Gasteiger partial charge < -0.3 is 14.0 Å². The van der Waals surface area contributed by atoms with Gasteiger partial charge in [-0.15, -0.1) is 0 Å². The standard InChI is InChI=1S/C33H26N2O4/c1-38-32(36)25-16-18-29(19-17-25)35-30(23-10-5-3-6-11-23)21-27(31(35)24-12-7-4-8-13-24)22-34-28-15-9-14-26(20-28)33(37)39-2/h3-22H,1-2H3. The van der Waals surface area contributed by atoms with E-state index in [0.29, 0.717) is 16.8 Å². The van der Waals surface area contributed by atoms with E-state index in [4.69, 9.17) is 14.5 Å². The van der Waals surface area contributed by atoms with E-state index in [1.165, 1.54) is 14.2 Å². The minimum atomic E-state index is -0.412. The summed E-state index contributed by atoms with van der Waals surface area (Å²) >= 11 is 0. The first-order chi connectivity index (χ1) is 19.1. The van der Waals surface area contributed by atoms with Crippen molar-refractivity contribution in [2.75, 3.05) is 14.2 Å². The number of methoxy groups -OCH3 is 2. The number of carbonyl (C=O) groups excluding carboxylic acids is 2. The van der Waals surface area contributed by atoms with Crippen LogP contribution in [0, 0.1) is 0 Å². The summed E-state index contributed by atoms with van der Waals surface area (Å²) in [4.78, 5) is 28.8. The summed E-state index contributed by atoms with van der Waals surface area (Å²) in [7, 11) is 2.73. The number of hydrogen-bond donors (Lipinski definition) is 0. The number of benzene rings is 4. The third-order valence-electron chi connectivity index (χ3n) is 6.31. The van der Waals surface area contributed by atoms with E-state index in [2.05, 4.69) is 34.9 Å². The van der Waals surface area contributed by atoms with Gasteiger partial charge in [-0.2, -0.15) is 0 Å². The minimum absolute atomic E-state index is 0.386. The second-order valence-electron chi connectivity index (χ2n) is 8.74. The fraction of sp³-hybridized carbons (Fsp3) is 0.0606. The van der Waals surface area contributed by atoms with Gasteiger partial charge in [0.2, 0.25) is 0 Å². The number of rotatable bonds is 7. The predicted molar refractivity (Wildman–Crippen MR) is 153 cm³/mol. The molecular formula is C33H26N2O4. The first kappa shape index (κ1) is 25.4. The average Bonchev–Trinajstić information content (AvgIpc) is 3.40. The van der Waals surface area contributed by atoms with Crippen LogP contribution in [0.2, 0.25) is 0 Å². The largest absolute Gasteiger partial charge is 0.465 e. The Labute approximate surface area is 226 Å². The molecule has 0 amide bonds. The molecule has 4 aromatic carbocycles. The zero-order valence-corrected chi connectivity index (χ0v) is 21.6. The van der Waals surface area contributed by atoms with Crippen LogP contribution in [0.4, 0.5) is 5.69 Å². The Kier molecular flexibility index (Phi) is 7.46. The zero-order valence-electron chi connectivity index (χ0n) is 21.6. The van der Waals surface area contributed by atoms with Gasteiger partial charge in [-0.3, -0.25) is 4.99 Å². The number of hydrogen-bond acceptors (Lipinski definition) is 5. The quantitative estimate of drug-likeness (QED) is 0.171. The van der Waals surface area contributed by atoms with Crippen molar-refractivity contribution in [1.29, 1.82) is 0 Å². The fourth-order valence-electron chi connectivity index (χ4n) is 4.45. The smallest absolute Gasteiger partial charge is 0.337 e. The van der Waals surface area contributed by atoms with Gasteiger partial charge in [0.25, 0.3) is 0 Å². The number of carbonyl (C=O) groups is 2. The van der Waals surface area contributed by atoms with Gasteiger partial charge in [-0.05, 0) is 59.7 Å². The summed E-state index contributed by atoms with van der Waals surface area (Å²) in [6.45, 7) is 0. The van der Waals surface area contributed by atoms with Crippen molar-refractivity contribution >= 4 is 23.8 Å². The lowest BCUT2D eigenvalue weighted by Crippen LogP contribution is -2.03. The first-order valence-corrected chi connectivity index (χ1v) is 12.4. The summed E-state index contributed by atoms with van der Waals surface area (Å²) in [5.74, 6) is -0.799. The summed E-state index contributed by atoms with van der Waals surface area (Å²) in [6.07, 6.45) is 1.81. The molecule has 0 radical (unpaired) electrons. The Morgan fingerprint density at radius 2 is 1.28 bits per heavy atom. The van der Waals surface area contributed by atoms with E-state index in [-0.39, 0.29) is 5.97 Å². The molecule has 192 valence electrons. The molecule has 1 aromatic heterocycles. The van der Waals surface area contributed by atoms with Crippen molar-refractivity contribution < 1.29 is 19.1 Å². The van der Waals surface area contributed by atoms with Crippen LogP contribution < -0.4 is 0 Å². The van der Waals surface area contributed by atoms with Gasteiger partial charge in [0, 0.05) is 17.5 Å². The van der Waals surface area contributed by atoms with Crippen molar-refractivity contribution in [2.24, 2.45) is 4.99 Å². The van der Waals surface area contributed by atoms with Gasteiger partial charge in [0.15, 0.2) is 0 Å². The van der Waals surface area contributed by atoms with Crippen LogP contribution >= 0.6 is 0 Å². The monoisotopic (exact) mass is 514 g/mol. The number of ether oxygens (including phenoxy) is 2. The highest BCUT2D eigenvalue weighted by atomic mass is 16.5. The normalized spacial score (nSPS) is 10.9. The lowest BCUT2D eigenvalue weighted by atomic mass is 10.1. The molecule has 6 heteroatoms. The van der Waals surface area contributed by atoms with Crippen molar-refractivity contribution in [2.45, 2.75) is 0 Å². The zero-order chi connectivity index (χ0) is 27.2. The fourth-order valence-corrected chi connectivity index (χ4v) is 4.45. The molecule has 5 aromatic rings. The highest BCUT2D eigenvalue weighted by molar-refractivity contribution is 5.96. The summed E-state index contributed by atoms with van der Waals surface area (Å²) < 4.78 is 11.9. The Balaban J connectivity index is 1.71. The Bertz CT molecular complexity index is 1640. The lowest BCUT2D eigenvalue weighted by Gasteiger charge is -2.15. The van der Waals surface area contributed by atoms with Crippen molar-refractivity contribution in [3.8, 4) is 28.2 Å². The minimum Gasteiger partial charge on any atom is -0.465 e. The third kappa shape index (κ3) is 5.40. The van der Waals surface area contributed by atoms with Gasteiger partial charge in [-0.1, -0.05) is 66.7 Å². The molecular weight excluding hydrogens is 488 g/mol. The molecule has 0 aliphatic rings. The van der Waals surface area contributed by atoms with Crippen LogP contribution in [-0.2, 0) is 9.47 Å². The van der Waals surface area contributed by atoms with Crippen LogP contribution in [0.15, 0.2) is 120 Å².